The van der Waals surface area contributed by atoms with E-state index in [4.69, 9.17) is 4.74 Å². The highest BCUT2D eigenvalue weighted by molar-refractivity contribution is 6.01. The number of hydrogen-bond donors (Lipinski definition) is 1. The van der Waals surface area contributed by atoms with E-state index in [2.05, 4.69) is 10.2 Å². The number of likely N-dealkylation sites (N-methyl/N-ethyl adjacent to an activating group) is 1. The maximum Gasteiger partial charge on any atom is 0.246 e. The van der Waals surface area contributed by atoms with Crippen LogP contribution in [0.15, 0.2) is 0 Å². The molecule has 6 nitrogen and oxygen atoms in total. The number of morpholine rings is 1. The molecule has 0 aromatic heterocycles. The van der Waals surface area contributed by atoms with Crippen LogP contribution in [0.2, 0.25) is 0 Å². The number of imide groups is 1. The summed E-state index contributed by atoms with van der Waals surface area (Å²) in [6, 6.07) is -0.232. The minimum atomic E-state index is -0.232. The van der Waals surface area contributed by atoms with Gasteiger partial charge < -0.3 is 9.64 Å². The van der Waals surface area contributed by atoms with Crippen LogP contribution in [0.3, 0.4) is 0 Å². The Morgan fingerprint density at radius 1 is 1.44 bits per heavy atom. The van der Waals surface area contributed by atoms with Crippen molar-refractivity contribution in [1.82, 2.24) is 15.1 Å². The standard InChI is InChI=1S/C12H21N3O3/c1-3-10-12(17)15(11(16)6-13-10)8-9-7-14(2)4-5-18-9/h9-10,13H,3-8H2,1-2H3. The molecule has 2 heterocycles. The van der Waals surface area contributed by atoms with E-state index in [0.29, 0.717) is 19.6 Å². The van der Waals surface area contributed by atoms with Gasteiger partial charge in [-0.15, -0.1) is 0 Å². The fourth-order valence-corrected chi connectivity index (χ4v) is 2.40. The van der Waals surface area contributed by atoms with Gasteiger partial charge in [-0.05, 0) is 13.5 Å². The zero-order valence-corrected chi connectivity index (χ0v) is 11.0. The second-order valence-electron chi connectivity index (χ2n) is 4.94. The van der Waals surface area contributed by atoms with E-state index >= 15 is 0 Å². The van der Waals surface area contributed by atoms with Crippen LogP contribution in [-0.2, 0) is 14.3 Å². The lowest BCUT2D eigenvalue weighted by molar-refractivity contribution is -0.152. The molecule has 2 atom stereocenters. The van der Waals surface area contributed by atoms with Crippen molar-refractivity contribution in [1.29, 1.82) is 0 Å². The molecule has 2 saturated heterocycles. The van der Waals surface area contributed by atoms with Crippen LogP contribution in [0.1, 0.15) is 13.3 Å². The third-order valence-electron chi connectivity index (χ3n) is 3.50. The molecule has 6 heteroatoms. The summed E-state index contributed by atoms with van der Waals surface area (Å²) in [4.78, 5) is 27.4. The first kappa shape index (κ1) is 13.5. The highest BCUT2D eigenvalue weighted by Gasteiger charge is 2.35. The van der Waals surface area contributed by atoms with E-state index in [9.17, 15) is 9.59 Å². The molecule has 2 aliphatic heterocycles. The Hall–Kier alpha value is -0.980. The molecule has 0 aromatic rings. The van der Waals surface area contributed by atoms with E-state index in [1.165, 1.54) is 4.90 Å². The third-order valence-corrected chi connectivity index (χ3v) is 3.50. The number of rotatable bonds is 3. The topological polar surface area (TPSA) is 61.9 Å². The van der Waals surface area contributed by atoms with Gasteiger partial charge in [0.05, 0.1) is 31.8 Å². The molecule has 0 saturated carbocycles. The molecule has 0 spiro atoms. The van der Waals surface area contributed by atoms with E-state index in [0.717, 1.165) is 13.1 Å². The van der Waals surface area contributed by atoms with Gasteiger partial charge in [0.15, 0.2) is 0 Å². The summed E-state index contributed by atoms with van der Waals surface area (Å²) in [5, 5.41) is 2.95. The van der Waals surface area contributed by atoms with Gasteiger partial charge in [0, 0.05) is 13.1 Å². The van der Waals surface area contributed by atoms with Gasteiger partial charge in [-0.2, -0.15) is 0 Å². The van der Waals surface area contributed by atoms with Crippen LogP contribution >= 0.6 is 0 Å². The molecule has 0 aromatic carbocycles. The Morgan fingerprint density at radius 2 is 2.22 bits per heavy atom. The number of hydrogen-bond acceptors (Lipinski definition) is 5. The van der Waals surface area contributed by atoms with Crippen molar-refractivity contribution in [2.24, 2.45) is 0 Å². The lowest BCUT2D eigenvalue weighted by Crippen LogP contribution is -2.60. The van der Waals surface area contributed by atoms with Crippen molar-refractivity contribution < 1.29 is 14.3 Å². The smallest absolute Gasteiger partial charge is 0.246 e. The van der Waals surface area contributed by atoms with Gasteiger partial charge in [0.1, 0.15) is 0 Å². The number of amides is 2. The maximum atomic E-state index is 12.1. The minimum Gasteiger partial charge on any atom is -0.374 e. The number of carbonyl (C=O) groups excluding carboxylic acids is 2. The van der Waals surface area contributed by atoms with Crippen molar-refractivity contribution in [2.45, 2.75) is 25.5 Å². The molecule has 2 aliphatic rings. The summed E-state index contributed by atoms with van der Waals surface area (Å²) >= 11 is 0. The highest BCUT2D eigenvalue weighted by atomic mass is 16.5. The van der Waals surface area contributed by atoms with Crippen molar-refractivity contribution in [2.75, 3.05) is 39.8 Å². The second kappa shape index (κ2) is 5.77. The molecule has 18 heavy (non-hydrogen) atoms. The van der Waals surface area contributed by atoms with Crippen molar-refractivity contribution in [3.8, 4) is 0 Å². The molecule has 102 valence electrons. The van der Waals surface area contributed by atoms with E-state index in [1.54, 1.807) is 0 Å². The minimum absolute atomic E-state index is 0.0627. The molecule has 2 amide bonds. The first-order chi connectivity index (χ1) is 8.61. The molecular formula is C12H21N3O3. The molecule has 1 N–H and O–H groups in total. The lowest BCUT2D eigenvalue weighted by Gasteiger charge is -2.36. The molecule has 2 fully saturated rings. The normalized spacial score (nSPS) is 30.9. The maximum absolute atomic E-state index is 12.1. The molecular weight excluding hydrogens is 234 g/mol. The summed E-state index contributed by atoms with van der Waals surface area (Å²) in [6.45, 7) is 4.88. The fourth-order valence-electron chi connectivity index (χ4n) is 2.40. The van der Waals surface area contributed by atoms with E-state index in [1.807, 2.05) is 14.0 Å². The quantitative estimate of drug-likeness (QED) is 0.659. The van der Waals surface area contributed by atoms with Gasteiger partial charge in [-0.25, -0.2) is 0 Å². The van der Waals surface area contributed by atoms with E-state index in [-0.39, 0.29) is 30.5 Å². The number of carbonyl (C=O) groups is 2. The fraction of sp³-hybridized carbons (Fsp3) is 0.833. The van der Waals surface area contributed by atoms with Crippen LogP contribution in [-0.4, -0.2) is 73.6 Å². The molecule has 0 aliphatic carbocycles. The number of nitrogens with zero attached hydrogens (tertiary/aromatic N) is 2. The van der Waals surface area contributed by atoms with Gasteiger partial charge in [-0.1, -0.05) is 6.92 Å². The van der Waals surface area contributed by atoms with Gasteiger partial charge >= 0.3 is 0 Å². The first-order valence-electron chi connectivity index (χ1n) is 6.49. The Kier molecular flexibility index (Phi) is 4.31. The average Bonchev–Trinajstić information content (AvgIpc) is 2.35. The van der Waals surface area contributed by atoms with Crippen LogP contribution in [0, 0.1) is 0 Å². The largest absolute Gasteiger partial charge is 0.374 e. The summed E-state index contributed by atoms with van der Waals surface area (Å²) in [7, 11) is 2.02. The van der Waals surface area contributed by atoms with Gasteiger partial charge in [0.25, 0.3) is 0 Å². The molecule has 2 rings (SSSR count). The monoisotopic (exact) mass is 255 g/mol. The summed E-state index contributed by atoms with van der Waals surface area (Å²) in [5.74, 6) is -0.271. The van der Waals surface area contributed by atoms with Gasteiger partial charge in [0.2, 0.25) is 11.8 Å². The van der Waals surface area contributed by atoms with E-state index < -0.39 is 0 Å². The van der Waals surface area contributed by atoms with Crippen molar-refractivity contribution in [3.05, 3.63) is 0 Å². The molecule has 0 radical (unpaired) electrons. The van der Waals surface area contributed by atoms with Crippen LogP contribution < -0.4 is 5.32 Å². The van der Waals surface area contributed by atoms with Gasteiger partial charge in [-0.3, -0.25) is 19.8 Å². The Bertz CT molecular complexity index is 335. The number of nitrogens with one attached hydrogen (secondary N) is 1. The van der Waals surface area contributed by atoms with Crippen molar-refractivity contribution in [3.63, 3.8) is 0 Å². The second-order valence-corrected chi connectivity index (χ2v) is 4.94. The Morgan fingerprint density at radius 3 is 2.89 bits per heavy atom. The molecule has 2 unspecified atom stereocenters. The highest BCUT2D eigenvalue weighted by Crippen LogP contribution is 2.10. The first-order valence-corrected chi connectivity index (χ1v) is 6.49. The Labute approximate surface area is 107 Å². The summed E-state index contributed by atoms with van der Waals surface area (Å²) in [6.07, 6.45) is 0.640. The summed E-state index contributed by atoms with van der Waals surface area (Å²) < 4.78 is 5.61. The predicted molar refractivity (Wildman–Crippen MR) is 66.0 cm³/mol. The lowest BCUT2D eigenvalue weighted by atomic mass is 10.1. The number of piperazine rings is 1. The SMILES string of the molecule is CCC1NCC(=O)N(CC2CN(C)CCO2)C1=O. The zero-order chi connectivity index (χ0) is 13.1. The predicted octanol–water partition coefficient (Wildman–Crippen LogP) is -0.946. The average molecular weight is 255 g/mol. The van der Waals surface area contributed by atoms with Crippen molar-refractivity contribution >= 4 is 11.8 Å². The number of ether oxygens (including phenoxy) is 1. The summed E-state index contributed by atoms with van der Waals surface area (Å²) in [5.41, 5.74) is 0. The zero-order valence-electron chi connectivity index (χ0n) is 11.0. The van der Waals surface area contributed by atoms with Crippen LogP contribution in [0.5, 0.6) is 0 Å². The Balaban J connectivity index is 1.97. The third kappa shape index (κ3) is 2.88. The molecule has 0 bridgehead atoms. The van der Waals surface area contributed by atoms with Crippen LogP contribution in [0.4, 0.5) is 0 Å². The van der Waals surface area contributed by atoms with Crippen LogP contribution in [0.25, 0.3) is 0 Å².